The van der Waals surface area contributed by atoms with Crippen molar-refractivity contribution in [3.8, 4) is 11.6 Å². The summed E-state index contributed by atoms with van der Waals surface area (Å²) in [5.74, 6) is 2.04. The number of aromatic nitrogens is 2. The Kier molecular flexibility index (Phi) is 5.11. The van der Waals surface area contributed by atoms with E-state index in [-0.39, 0.29) is 6.04 Å². The molecule has 1 atom stereocenters. The van der Waals surface area contributed by atoms with Gasteiger partial charge in [-0.25, -0.2) is 9.67 Å². The summed E-state index contributed by atoms with van der Waals surface area (Å²) in [7, 11) is 3.51. The number of fused-ring (bicyclic) bond motifs is 1. The molecule has 0 saturated heterocycles. The van der Waals surface area contributed by atoms with Crippen molar-refractivity contribution in [2.75, 3.05) is 13.7 Å². The van der Waals surface area contributed by atoms with Gasteiger partial charge >= 0.3 is 0 Å². The molecule has 0 radical (unpaired) electrons. The van der Waals surface area contributed by atoms with E-state index in [1.807, 2.05) is 25.2 Å². The molecule has 1 aliphatic rings. The molecule has 3 rings (SSSR count). The Bertz CT molecular complexity index is 769. The number of benzene rings is 1. The molecule has 7 nitrogen and oxygen atoms in total. The Morgan fingerprint density at radius 1 is 1.48 bits per heavy atom. The highest BCUT2D eigenvalue weighted by atomic mass is 16.5. The largest absolute Gasteiger partial charge is 0.493 e. The first-order chi connectivity index (χ1) is 12.1. The van der Waals surface area contributed by atoms with E-state index in [0.29, 0.717) is 19.1 Å². The second-order valence-electron chi connectivity index (χ2n) is 5.99. The lowest BCUT2D eigenvalue weighted by Crippen LogP contribution is -2.37. The van der Waals surface area contributed by atoms with Crippen LogP contribution < -0.4 is 20.5 Å². The lowest BCUT2D eigenvalue weighted by atomic mass is 10.0. The van der Waals surface area contributed by atoms with Crippen molar-refractivity contribution in [3.05, 3.63) is 41.1 Å². The first-order valence-corrected chi connectivity index (χ1v) is 8.51. The highest BCUT2D eigenvalue weighted by molar-refractivity contribution is 5.78. The molecule has 134 valence electrons. The number of hydrogen-bond donors (Lipinski definition) is 2. The van der Waals surface area contributed by atoms with Crippen molar-refractivity contribution in [1.82, 2.24) is 15.1 Å². The SMILES string of the molecule is CCc1nn(C)c(OC)c1CN=C(N)NC1CCOc2ccccc21. The Labute approximate surface area is 147 Å². The highest BCUT2D eigenvalue weighted by Gasteiger charge is 2.21. The second-order valence-corrected chi connectivity index (χ2v) is 5.99. The maximum atomic E-state index is 6.13. The van der Waals surface area contributed by atoms with E-state index in [0.717, 1.165) is 41.3 Å². The van der Waals surface area contributed by atoms with Crippen LogP contribution in [-0.4, -0.2) is 29.5 Å². The molecule has 2 heterocycles. The third-order valence-corrected chi connectivity index (χ3v) is 4.39. The molecule has 0 spiro atoms. The molecular weight excluding hydrogens is 318 g/mol. The van der Waals surface area contributed by atoms with Gasteiger partial charge in [0.1, 0.15) is 5.75 Å². The van der Waals surface area contributed by atoms with Crippen LogP contribution in [0.3, 0.4) is 0 Å². The summed E-state index contributed by atoms with van der Waals surface area (Å²) >= 11 is 0. The standard InChI is InChI=1S/C18H25N5O2/c1-4-14-13(17(24-3)23(2)22-14)11-20-18(19)21-15-9-10-25-16-8-6-5-7-12(15)16/h5-8,15H,4,9-11H2,1-3H3,(H3,19,20,21). The minimum Gasteiger partial charge on any atom is -0.493 e. The van der Waals surface area contributed by atoms with Gasteiger partial charge < -0.3 is 20.5 Å². The van der Waals surface area contributed by atoms with Gasteiger partial charge in [-0.1, -0.05) is 25.1 Å². The maximum absolute atomic E-state index is 6.13. The summed E-state index contributed by atoms with van der Waals surface area (Å²) in [5.41, 5.74) is 9.20. The minimum absolute atomic E-state index is 0.107. The van der Waals surface area contributed by atoms with E-state index in [2.05, 4.69) is 28.4 Å². The number of nitrogens with two attached hydrogens (primary N) is 1. The molecule has 0 aliphatic carbocycles. The lowest BCUT2D eigenvalue weighted by molar-refractivity contribution is 0.262. The fourth-order valence-electron chi connectivity index (χ4n) is 3.18. The Morgan fingerprint density at radius 2 is 2.28 bits per heavy atom. The average Bonchev–Trinajstić information content (AvgIpc) is 2.95. The van der Waals surface area contributed by atoms with Crippen LogP contribution in [0.15, 0.2) is 29.3 Å². The maximum Gasteiger partial charge on any atom is 0.216 e. The zero-order chi connectivity index (χ0) is 17.8. The van der Waals surface area contributed by atoms with Crippen molar-refractivity contribution in [3.63, 3.8) is 0 Å². The van der Waals surface area contributed by atoms with Gasteiger partial charge in [-0.3, -0.25) is 0 Å². The summed E-state index contributed by atoms with van der Waals surface area (Å²) in [4.78, 5) is 4.50. The molecule has 7 heteroatoms. The van der Waals surface area contributed by atoms with Crippen molar-refractivity contribution in [2.45, 2.75) is 32.4 Å². The van der Waals surface area contributed by atoms with Gasteiger partial charge in [0.2, 0.25) is 5.88 Å². The van der Waals surface area contributed by atoms with Crippen LogP contribution >= 0.6 is 0 Å². The summed E-state index contributed by atoms with van der Waals surface area (Å²) in [5, 5.41) is 7.77. The number of guanidine groups is 1. The van der Waals surface area contributed by atoms with Gasteiger partial charge in [-0.05, 0) is 12.5 Å². The van der Waals surface area contributed by atoms with Crippen LogP contribution in [-0.2, 0) is 20.0 Å². The molecule has 1 aromatic heterocycles. The van der Waals surface area contributed by atoms with Crippen molar-refractivity contribution in [1.29, 1.82) is 0 Å². The Morgan fingerprint density at radius 3 is 3.04 bits per heavy atom. The summed E-state index contributed by atoms with van der Waals surface area (Å²) < 4.78 is 12.9. The van der Waals surface area contributed by atoms with Crippen molar-refractivity contribution in [2.24, 2.45) is 17.8 Å². The van der Waals surface area contributed by atoms with Crippen molar-refractivity contribution >= 4 is 5.96 Å². The third-order valence-electron chi connectivity index (χ3n) is 4.39. The van der Waals surface area contributed by atoms with Crippen molar-refractivity contribution < 1.29 is 9.47 Å². The second kappa shape index (κ2) is 7.46. The summed E-state index contributed by atoms with van der Waals surface area (Å²) in [6.45, 7) is 3.16. The minimum atomic E-state index is 0.107. The topological polar surface area (TPSA) is 86.7 Å². The van der Waals surface area contributed by atoms with Crippen LogP contribution in [0.1, 0.15) is 36.2 Å². The molecule has 1 aliphatic heterocycles. The van der Waals surface area contributed by atoms with Gasteiger partial charge in [0.25, 0.3) is 0 Å². The Balaban J connectivity index is 1.74. The quantitative estimate of drug-likeness (QED) is 0.640. The zero-order valence-corrected chi connectivity index (χ0v) is 15.0. The van der Waals surface area contributed by atoms with Gasteiger partial charge in [-0.15, -0.1) is 0 Å². The number of ether oxygens (including phenoxy) is 2. The van der Waals surface area contributed by atoms with E-state index in [9.17, 15) is 0 Å². The monoisotopic (exact) mass is 343 g/mol. The first-order valence-electron chi connectivity index (χ1n) is 8.51. The molecule has 0 bridgehead atoms. The molecule has 0 saturated carbocycles. The predicted octanol–water partition coefficient (Wildman–Crippen LogP) is 1.92. The van der Waals surface area contributed by atoms with Gasteiger partial charge in [0, 0.05) is 19.0 Å². The smallest absolute Gasteiger partial charge is 0.216 e. The number of para-hydroxylation sites is 1. The van der Waals surface area contributed by atoms with Crippen LogP contribution in [0.2, 0.25) is 0 Å². The van der Waals surface area contributed by atoms with E-state index in [1.165, 1.54) is 0 Å². The van der Waals surface area contributed by atoms with Gasteiger partial charge in [-0.2, -0.15) is 5.10 Å². The number of hydrogen-bond acceptors (Lipinski definition) is 4. The molecule has 1 unspecified atom stereocenters. The third kappa shape index (κ3) is 3.55. The number of aliphatic imine (C=N–C) groups is 1. The normalized spacial score (nSPS) is 16.9. The number of nitrogens with zero attached hydrogens (tertiary/aromatic N) is 3. The fraction of sp³-hybridized carbons (Fsp3) is 0.444. The first kappa shape index (κ1) is 17.1. The van der Waals surface area contributed by atoms with Crippen LogP contribution in [0.4, 0.5) is 0 Å². The molecule has 3 N–H and O–H groups in total. The van der Waals surface area contributed by atoms with E-state index in [4.69, 9.17) is 15.2 Å². The fourth-order valence-corrected chi connectivity index (χ4v) is 3.18. The highest BCUT2D eigenvalue weighted by Crippen LogP contribution is 2.31. The van der Waals surface area contributed by atoms with Crippen LogP contribution in [0.5, 0.6) is 11.6 Å². The number of methoxy groups -OCH3 is 1. The van der Waals surface area contributed by atoms with E-state index < -0.39 is 0 Å². The summed E-state index contributed by atoms with van der Waals surface area (Å²) in [6, 6.07) is 8.11. The van der Waals surface area contributed by atoms with Crippen LogP contribution in [0, 0.1) is 0 Å². The average molecular weight is 343 g/mol. The number of rotatable bonds is 5. The molecule has 25 heavy (non-hydrogen) atoms. The molecular formula is C18H25N5O2. The van der Waals surface area contributed by atoms with E-state index in [1.54, 1.807) is 11.8 Å². The lowest BCUT2D eigenvalue weighted by Gasteiger charge is -2.26. The molecule has 2 aromatic rings. The van der Waals surface area contributed by atoms with Gasteiger partial charge in [0.05, 0.1) is 37.6 Å². The van der Waals surface area contributed by atoms with Gasteiger partial charge in [0.15, 0.2) is 5.96 Å². The number of aryl methyl sites for hydroxylation is 2. The molecule has 0 fully saturated rings. The van der Waals surface area contributed by atoms with E-state index >= 15 is 0 Å². The number of nitrogens with one attached hydrogen (secondary N) is 1. The summed E-state index contributed by atoms with van der Waals surface area (Å²) in [6.07, 6.45) is 1.67. The Hall–Kier alpha value is -2.70. The molecule has 1 aromatic carbocycles. The predicted molar refractivity (Wildman–Crippen MR) is 96.9 cm³/mol. The molecule has 0 amide bonds. The zero-order valence-electron chi connectivity index (χ0n) is 15.0. The van der Waals surface area contributed by atoms with Crippen LogP contribution in [0.25, 0.3) is 0 Å².